The van der Waals surface area contributed by atoms with E-state index >= 15 is 0 Å². The maximum Gasteiger partial charge on any atom is 0.246 e. The van der Waals surface area contributed by atoms with Gasteiger partial charge in [0.15, 0.2) is 0 Å². The van der Waals surface area contributed by atoms with E-state index in [0.29, 0.717) is 5.57 Å². The Bertz CT molecular complexity index is 169. The van der Waals surface area contributed by atoms with E-state index in [1.54, 1.807) is 6.92 Å². The molecule has 0 aromatic rings. The zero-order valence-corrected chi connectivity index (χ0v) is 8.82. The van der Waals surface area contributed by atoms with Crippen LogP contribution in [-0.4, -0.2) is 20.1 Å². The van der Waals surface area contributed by atoms with Gasteiger partial charge in [-0.3, -0.25) is 4.79 Å². The van der Waals surface area contributed by atoms with Gasteiger partial charge in [-0.25, -0.2) is 0 Å². The van der Waals surface area contributed by atoms with Crippen LogP contribution in [0.3, 0.4) is 0 Å². The van der Waals surface area contributed by atoms with Crippen molar-refractivity contribution in [1.29, 1.82) is 0 Å². The van der Waals surface area contributed by atoms with Gasteiger partial charge < -0.3 is 5.32 Å². The Labute approximate surface area is 69.7 Å². The molecule has 0 aromatic heterocycles. The average molecular weight is 171 g/mol. The summed E-state index contributed by atoms with van der Waals surface area (Å²) in [4.78, 5) is 11.0. The molecule has 2 nitrogen and oxygen atoms in total. The Morgan fingerprint density at radius 1 is 1.45 bits per heavy atom. The maximum atomic E-state index is 11.0. The van der Waals surface area contributed by atoms with Crippen LogP contribution in [0.4, 0.5) is 0 Å². The minimum Gasteiger partial charge on any atom is -0.355 e. The molecule has 64 valence electrons. The highest BCUT2D eigenvalue weighted by atomic mass is 28.3. The van der Waals surface area contributed by atoms with Crippen molar-refractivity contribution in [2.75, 3.05) is 6.17 Å². The van der Waals surface area contributed by atoms with Gasteiger partial charge in [-0.2, -0.15) is 0 Å². The molecule has 0 spiro atoms. The molecule has 0 bridgehead atoms. The summed E-state index contributed by atoms with van der Waals surface area (Å²) in [5, 5.41) is 2.85. The number of amides is 1. The molecule has 0 saturated carbocycles. The lowest BCUT2D eigenvalue weighted by atomic mass is 10.3. The Kier molecular flexibility index (Phi) is 3.52. The summed E-state index contributed by atoms with van der Waals surface area (Å²) in [6, 6.07) is 0. The summed E-state index contributed by atoms with van der Waals surface area (Å²) in [6.45, 7) is 11.9. The molecule has 0 saturated heterocycles. The molecule has 3 heteroatoms. The molecule has 0 aliphatic rings. The molecular formula is C8H17NOSi. The summed E-state index contributed by atoms with van der Waals surface area (Å²) in [7, 11) is -1.14. The molecule has 1 amide bonds. The fourth-order valence-corrected chi connectivity index (χ4v) is 1.19. The second kappa shape index (κ2) is 3.71. The molecule has 0 rings (SSSR count). The molecule has 0 atom stereocenters. The highest BCUT2D eigenvalue weighted by molar-refractivity contribution is 6.76. The van der Waals surface area contributed by atoms with E-state index in [1.165, 1.54) is 0 Å². The van der Waals surface area contributed by atoms with E-state index in [1.807, 2.05) is 0 Å². The molecule has 0 fully saturated rings. The van der Waals surface area contributed by atoms with Crippen LogP contribution in [0.15, 0.2) is 12.2 Å². The van der Waals surface area contributed by atoms with Crippen LogP contribution in [0.5, 0.6) is 0 Å². The fourth-order valence-electron chi connectivity index (χ4n) is 0.496. The number of carbonyl (C=O) groups is 1. The third kappa shape index (κ3) is 5.85. The SMILES string of the molecule is C=C(C)C(=O)NC[Si](C)(C)C. The smallest absolute Gasteiger partial charge is 0.246 e. The number of rotatable bonds is 3. The van der Waals surface area contributed by atoms with E-state index < -0.39 is 8.07 Å². The summed E-state index contributed by atoms with van der Waals surface area (Å²) < 4.78 is 0. The van der Waals surface area contributed by atoms with E-state index in [0.717, 1.165) is 6.17 Å². The largest absolute Gasteiger partial charge is 0.355 e. The minimum absolute atomic E-state index is 0.0209. The molecule has 0 unspecified atom stereocenters. The van der Waals surface area contributed by atoms with Crippen molar-refractivity contribution >= 4 is 14.0 Å². The molecule has 11 heavy (non-hydrogen) atoms. The highest BCUT2D eigenvalue weighted by Crippen LogP contribution is 1.97. The van der Waals surface area contributed by atoms with Crippen molar-refractivity contribution < 1.29 is 4.79 Å². The van der Waals surface area contributed by atoms with Crippen LogP contribution in [-0.2, 0) is 4.79 Å². The van der Waals surface area contributed by atoms with Crippen molar-refractivity contribution in [2.45, 2.75) is 26.6 Å². The molecular weight excluding hydrogens is 154 g/mol. The van der Waals surface area contributed by atoms with Crippen molar-refractivity contribution in [3.05, 3.63) is 12.2 Å². The van der Waals surface area contributed by atoms with Gasteiger partial charge in [0.25, 0.3) is 0 Å². The molecule has 0 aliphatic carbocycles. The number of carbonyl (C=O) groups excluding carboxylic acids is 1. The van der Waals surface area contributed by atoms with Crippen LogP contribution < -0.4 is 5.32 Å². The third-order valence-corrected chi connectivity index (χ3v) is 2.40. The summed E-state index contributed by atoms with van der Waals surface area (Å²) >= 11 is 0. The van der Waals surface area contributed by atoms with Crippen molar-refractivity contribution in [2.24, 2.45) is 0 Å². The zero-order chi connectivity index (χ0) is 9.07. The minimum atomic E-state index is -1.14. The highest BCUT2D eigenvalue weighted by Gasteiger charge is 2.13. The second-order valence-electron chi connectivity index (χ2n) is 4.02. The lowest BCUT2D eigenvalue weighted by molar-refractivity contribution is -0.117. The van der Waals surface area contributed by atoms with Gasteiger partial charge >= 0.3 is 0 Å². The quantitative estimate of drug-likeness (QED) is 0.507. The number of hydrogen-bond donors (Lipinski definition) is 1. The third-order valence-electron chi connectivity index (χ3n) is 1.17. The van der Waals surface area contributed by atoms with Gasteiger partial charge in [0.1, 0.15) is 0 Å². The summed E-state index contributed by atoms with van der Waals surface area (Å²) in [5.74, 6) is -0.0209. The predicted molar refractivity (Wildman–Crippen MR) is 51.2 cm³/mol. The van der Waals surface area contributed by atoms with Crippen LogP contribution in [0.2, 0.25) is 19.6 Å². The lowest BCUT2D eigenvalue weighted by Crippen LogP contribution is -2.39. The van der Waals surface area contributed by atoms with Crippen molar-refractivity contribution in [3.63, 3.8) is 0 Å². The van der Waals surface area contributed by atoms with Crippen LogP contribution in [0.1, 0.15) is 6.92 Å². The normalized spacial score (nSPS) is 10.9. The standard InChI is InChI=1S/C8H17NOSi/c1-7(2)8(10)9-6-11(3,4)5/h1,6H2,2-5H3,(H,9,10). The van der Waals surface area contributed by atoms with Crippen molar-refractivity contribution in [1.82, 2.24) is 5.32 Å². The molecule has 0 aliphatic heterocycles. The fraction of sp³-hybridized carbons (Fsp3) is 0.625. The first-order chi connectivity index (χ1) is 4.83. The summed E-state index contributed by atoms with van der Waals surface area (Å²) in [6.07, 6.45) is 0.832. The monoisotopic (exact) mass is 171 g/mol. The zero-order valence-electron chi connectivity index (χ0n) is 7.82. The first-order valence-corrected chi connectivity index (χ1v) is 7.47. The number of nitrogens with one attached hydrogen (secondary N) is 1. The Morgan fingerprint density at radius 3 is 2.18 bits per heavy atom. The number of hydrogen-bond acceptors (Lipinski definition) is 1. The molecule has 0 heterocycles. The van der Waals surface area contributed by atoms with Gasteiger partial charge in [-0.1, -0.05) is 26.2 Å². The van der Waals surface area contributed by atoms with E-state index in [4.69, 9.17) is 0 Å². The Balaban J connectivity index is 3.73. The van der Waals surface area contributed by atoms with E-state index in [9.17, 15) is 4.79 Å². The van der Waals surface area contributed by atoms with Crippen molar-refractivity contribution in [3.8, 4) is 0 Å². The van der Waals surface area contributed by atoms with Gasteiger partial charge in [0.05, 0.1) is 8.07 Å². The topological polar surface area (TPSA) is 29.1 Å². The van der Waals surface area contributed by atoms with E-state index in [2.05, 4.69) is 31.5 Å². The van der Waals surface area contributed by atoms with Crippen LogP contribution in [0.25, 0.3) is 0 Å². The Hall–Kier alpha value is -0.573. The molecule has 1 N–H and O–H groups in total. The van der Waals surface area contributed by atoms with E-state index in [-0.39, 0.29) is 5.91 Å². The lowest BCUT2D eigenvalue weighted by Gasteiger charge is -2.16. The first kappa shape index (κ1) is 10.4. The second-order valence-corrected chi connectivity index (χ2v) is 9.50. The Morgan fingerprint density at radius 2 is 1.91 bits per heavy atom. The maximum absolute atomic E-state index is 11.0. The average Bonchev–Trinajstić information content (AvgIpc) is 1.80. The van der Waals surface area contributed by atoms with Gasteiger partial charge in [-0.15, -0.1) is 0 Å². The van der Waals surface area contributed by atoms with Crippen LogP contribution >= 0.6 is 0 Å². The van der Waals surface area contributed by atoms with Gasteiger partial charge in [0.2, 0.25) is 5.91 Å². The first-order valence-electron chi connectivity index (χ1n) is 3.76. The molecule has 0 aromatic carbocycles. The summed E-state index contributed by atoms with van der Waals surface area (Å²) in [5.41, 5.74) is 0.586. The van der Waals surface area contributed by atoms with Crippen LogP contribution in [0, 0.1) is 0 Å². The molecule has 0 radical (unpaired) electrons. The van der Waals surface area contributed by atoms with Gasteiger partial charge in [0, 0.05) is 11.7 Å². The predicted octanol–water partition coefficient (Wildman–Crippen LogP) is 1.56. The van der Waals surface area contributed by atoms with Gasteiger partial charge in [-0.05, 0) is 6.92 Å².